The molecule has 1 aromatic carbocycles. The number of hydrogen-bond acceptors (Lipinski definition) is 4. The van der Waals surface area contributed by atoms with Crippen LogP contribution in [0.25, 0.3) is 0 Å². The highest BCUT2D eigenvalue weighted by atomic mass is 16.5. The summed E-state index contributed by atoms with van der Waals surface area (Å²) >= 11 is 0. The minimum Gasteiger partial charge on any atom is -0.497 e. The summed E-state index contributed by atoms with van der Waals surface area (Å²) in [5.41, 5.74) is 1.26. The zero-order valence-electron chi connectivity index (χ0n) is 14.2. The summed E-state index contributed by atoms with van der Waals surface area (Å²) in [5.74, 6) is 1.44. The molecule has 2 unspecified atom stereocenters. The minimum atomic E-state index is 0.304. The van der Waals surface area contributed by atoms with Gasteiger partial charge >= 0.3 is 0 Å². The molecule has 0 saturated heterocycles. The zero-order chi connectivity index (χ0) is 15.8. The molecule has 0 spiro atoms. The van der Waals surface area contributed by atoms with Crippen LogP contribution < -0.4 is 10.1 Å². The monoisotopic (exact) mass is 294 g/mol. The van der Waals surface area contributed by atoms with E-state index in [4.69, 9.17) is 9.47 Å². The molecule has 0 aliphatic carbocycles. The first kappa shape index (κ1) is 18.0. The van der Waals surface area contributed by atoms with E-state index in [-0.39, 0.29) is 0 Å². The van der Waals surface area contributed by atoms with E-state index in [0.29, 0.717) is 18.0 Å². The molecule has 4 nitrogen and oxygen atoms in total. The van der Waals surface area contributed by atoms with Crippen LogP contribution in [-0.4, -0.2) is 52.4 Å². The predicted molar refractivity (Wildman–Crippen MR) is 87.9 cm³/mol. The van der Waals surface area contributed by atoms with Gasteiger partial charge in [-0.25, -0.2) is 0 Å². The molecule has 0 radical (unpaired) electrons. The first-order chi connectivity index (χ1) is 9.99. The number of likely N-dealkylation sites (N-methyl/N-ethyl adjacent to an activating group) is 1. The molecule has 1 N–H and O–H groups in total. The molecule has 0 heterocycles. The van der Waals surface area contributed by atoms with Crippen LogP contribution >= 0.6 is 0 Å². The average molecular weight is 294 g/mol. The molecule has 4 heteroatoms. The summed E-state index contributed by atoms with van der Waals surface area (Å²) in [6.45, 7) is 6.04. The molecule has 0 aliphatic rings. The van der Waals surface area contributed by atoms with E-state index in [1.54, 1.807) is 14.2 Å². The normalized spacial score (nSPS) is 14.5. The van der Waals surface area contributed by atoms with E-state index < -0.39 is 0 Å². The predicted octanol–water partition coefficient (Wildman–Crippen LogP) is 2.56. The summed E-state index contributed by atoms with van der Waals surface area (Å²) in [6, 6.07) is 8.94. The number of methoxy groups -OCH3 is 2. The summed E-state index contributed by atoms with van der Waals surface area (Å²) in [6.07, 6.45) is 0. The lowest BCUT2D eigenvalue weighted by molar-refractivity contribution is 0.141. The summed E-state index contributed by atoms with van der Waals surface area (Å²) in [7, 11) is 7.66. The molecule has 21 heavy (non-hydrogen) atoms. The van der Waals surface area contributed by atoms with Crippen LogP contribution in [0.4, 0.5) is 0 Å². The fourth-order valence-corrected chi connectivity index (χ4v) is 2.38. The number of hydrogen-bond donors (Lipinski definition) is 1. The molecule has 0 aromatic heterocycles. The lowest BCUT2D eigenvalue weighted by atomic mass is 10.0. The Morgan fingerprint density at radius 1 is 1.19 bits per heavy atom. The lowest BCUT2D eigenvalue weighted by Crippen LogP contribution is -2.42. The maximum Gasteiger partial charge on any atom is 0.119 e. The molecule has 1 aromatic rings. The van der Waals surface area contributed by atoms with Crippen molar-refractivity contribution in [1.29, 1.82) is 0 Å². The van der Waals surface area contributed by atoms with Crippen molar-refractivity contribution in [3.63, 3.8) is 0 Å². The van der Waals surface area contributed by atoms with Gasteiger partial charge in [-0.3, -0.25) is 0 Å². The Morgan fingerprint density at radius 2 is 1.90 bits per heavy atom. The smallest absolute Gasteiger partial charge is 0.119 e. The number of nitrogens with zero attached hydrogens (tertiary/aromatic N) is 1. The SMILES string of the molecule is COCC(NCC(c1cccc(OC)c1)N(C)C)C(C)C. The fourth-order valence-electron chi connectivity index (χ4n) is 2.38. The van der Waals surface area contributed by atoms with E-state index in [1.165, 1.54) is 5.56 Å². The Hall–Kier alpha value is -1.10. The highest BCUT2D eigenvalue weighted by Gasteiger charge is 2.18. The van der Waals surface area contributed by atoms with Gasteiger partial charge in [0.1, 0.15) is 5.75 Å². The molecular formula is C17H30N2O2. The van der Waals surface area contributed by atoms with Gasteiger partial charge in [0, 0.05) is 25.7 Å². The largest absolute Gasteiger partial charge is 0.497 e. The third-order valence-corrected chi connectivity index (χ3v) is 3.83. The van der Waals surface area contributed by atoms with Gasteiger partial charge in [-0.15, -0.1) is 0 Å². The van der Waals surface area contributed by atoms with Crippen LogP contribution in [0.2, 0.25) is 0 Å². The Kier molecular flexibility index (Phi) is 7.72. The fraction of sp³-hybridized carbons (Fsp3) is 0.647. The van der Waals surface area contributed by atoms with Crippen molar-refractivity contribution < 1.29 is 9.47 Å². The zero-order valence-corrected chi connectivity index (χ0v) is 14.2. The van der Waals surface area contributed by atoms with Crippen molar-refractivity contribution in [2.24, 2.45) is 5.92 Å². The molecule has 0 bridgehead atoms. The van der Waals surface area contributed by atoms with Gasteiger partial charge in [-0.1, -0.05) is 26.0 Å². The third-order valence-electron chi connectivity index (χ3n) is 3.83. The standard InChI is InChI=1S/C17H30N2O2/c1-13(2)16(12-20-5)18-11-17(19(3)4)14-8-7-9-15(10-14)21-6/h7-10,13,16-18H,11-12H2,1-6H3. The van der Waals surface area contributed by atoms with Crippen molar-refractivity contribution in [2.45, 2.75) is 25.9 Å². The van der Waals surface area contributed by atoms with E-state index in [9.17, 15) is 0 Å². The van der Waals surface area contributed by atoms with Crippen molar-refractivity contribution in [3.8, 4) is 5.75 Å². The van der Waals surface area contributed by atoms with Crippen LogP contribution in [0.5, 0.6) is 5.75 Å². The second-order valence-corrected chi connectivity index (χ2v) is 5.97. The third kappa shape index (κ3) is 5.65. The van der Waals surface area contributed by atoms with Gasteiger partial charge in [0.2, 0.25) is 0 Å². The van der Waals surface area contributed by atoms with Crippen molar-refractivity contribution in [3.05, 3.63) is 29.8 Å². The van der Waals surface area contributed by atoms with E-state index in [1.807, 2.05) is 12.1 Å². The Balaban J connectivity index is 2.77. The van der Waals surface area contributed by atoms with Gasteiger partial charge < -0.3 is 19.7 Å². The highest BCUT2D eigenvalue weighted by molar-refractivity contribution is 5.30. The first-order valence-electron chi connectivity index (χ1n) is 7.52. The molecule has 0 amide bonds. The van der Waals surface area contributed by atoms with E-state index in [2.05, 4.69) is 50.3 Å². The van der Waals surface area contributed by atoms with Gasteiger partial charge in [-0.2, -0.15) is 0 Å². The molecular weight excluding hydrogens is 264 g/mol. The van der Waals surface area contributed by atoms with Crippen molar-refractivity contribution >= 4 is 0 Å². The average Bonchev–Trinajstić information content (AvgIpc) is 2.46. The van der Waals surface area contributed by atoms with Crippen molar-refractivity contribution in [2.75, 3.05) is 41.5 Å². The van der Waals surface area contributed by atoms with Crippen LogP contribution in [0.15, 0.2) is 24.3 Å². The quantitative estimate of drug-likeness (QED) is 0.759. The van der Waals surface area contributed by atoms with Crippen LogP contribution in [-0.2, 0) is 4.74 Å². The molecule has 1 rings (SSSR count). The molecule has 0 fully saturated rings. The Morgan fingerprint density at radius 3 is 2.43 bits per heavy atom. The number of rotatable bonds is 9. The Labute approximate surface area is 129 Å². The maximum atomic E-state index is 5.33. The molecule has 0 aliphatic heterocycles. The molecule has 2 atom stereocenters. The second-order valence-electron chi connectivity index (χ2n) is 5.97. The number of nitrogens with one attached hydrogen (secondary N) is 1. The van der Waals surface area contributed by atoms with E-state index in [0.717, 1.165) is 18.9 Å². The van der Waals surface area contributed by atoms with Gasteiger partial charge in [-0.05, 0) is 37.7 Å². The Bertz CT molecular complexity index is 408. The van der Waals surface area contributed by atoms with Crippen LogP contribution in [0.3, 0.4) is 0 Å². The van der Waals surface area contributed by atoms with Gasteiger partial charge in [0.15, 0.2) is 0 Å². The number of benzene rings is 1. The molecule has 120 valence electrons. The summed E-state index contributed by atoms with van der Waals surface area (Å²) in [5, 5.41) is 3.63. The minimum absolute atomic E-state index is 0.304. The molecule has 0 saturated carbocycles. The highest BCUT2D eigenvalue weighted by Crippen LogP contribution is 2.22. The lowest BCUT2D eigenvalue weighted by Gasteiger charge is -2.29. The summed E-state index contributed by atoms with van der Waals surface area (Å²) in [4.78, 5) is 2.23. The first-order valence-corrected chi connectivity index (χ1v) is 7.52. The van der Waals surface area contributed by atoms with Gasteiger partial charge in [0.05, 0.1) is 13.7 Å². The summed E-state index contributed by atoms with van der Waals surface area (Å²) < 4.78 is 10.6. The van der Waals surface area contributed by atoms with Crippen molar-refractivity contribution in [1.82, 2.24) is 10.2 Å². The van der Waals surface area contributed by atoms with Crippen LogP contribution in [0.1, 0.15) is 25.5 Å². The maximum absolute atomic E-state index is 5.33. The second kappa shape index (κ2) is 9.03. The topological polar surface area (TPSA) is 33.7 Å². The van der Waals surface area contributed by atoms with Crippen LogP contribution in [0, 0.1) is 5.92 Å². The van der Waals surface area contributed by atoms with E-state index >= 15 is 0 Å². The van der Waals surface area contributed by atoms with Gasteiger partial charge in [0.25, 0.3) is 0 Å². The number of ether oxygens (including phenoxy) is 2.